The number of hydrogen-bond acceptors (Lipinski definition) is 2. The molecule has 1 aliphatic rings. The van der Waals surface area contributed by atoms with Crippen LogP contribution in [-0.4, -0.2) is 28.8 Å². The van der Waals surface area contributed by atoms with E-state index < -0.39 is 16.6 Å². The second-order valence-corrected chi connectivity index (χ2v) is 20.1. The van der Waals surface area contributed by atoms with Gasteiger partial charge in [-0.1, -0.05) is 54.2 Å². The van der Waals surface area contributed by atoms with Gasteiger partial charge in [-0.25, -0.2) is 0 Å². The standard InChI is InChI=1S/C21H41O2Si2/c1-13-17-14-18(22-24(9,10)20(3,4)5)15-19(16(17)2)23-25(11,12)21(6,7)8/h13,18-19H,1-2,14-15H2,3-12H3/b17-13-/t18-,19+/m1/s1. The van der Waals surface area contributed by atoms with Gasteiger partial charge < -0.3 is 8.85 Å². The Balaban J connectivity index is 3.02. The topological polar surface area (TPSA) is 18.5 Å². The van der Waals surface area contributed by atoms with Gasteiger partial charge in [0, 0.05) is 6.42 Å². The van der Waals surface area contributed by atoms with Crippen LogP contribution < -0.4 is 0 Å². The molecule has 1 radical (unpaired) electrons. The van der Waals surface area contributed by atoms with E-state index in [4.69, 9.17) is 8.85 Å². The summed E-state index contributed by atoms with van der Waals surface area (Å²) in [4.78, 5) is 0. The van der Waals surface area contributed by atoms with Gasteiger partial charge in [0.15, 0.2) is 16.6 Å². The third-order valence-corrected chi connectivity index (χ3v) is 15.5. The Labute approximate surface area is 159 Å². The molecular weight excluding hydrogens is 340 g/mol. The maximum absolute atomic E-state index is 6.72. The lowest BCUT2D eigenvalue weighted by atomic mass is 9.86. The number of rotatable bonds is 4. The molecule has 145 valence electrons. The Bertz CT molecular complexity index is 519. The molecule has 0 aliphatic heterocycles. The van der Waals surface area contributed by atoms with Crippen molar-refractivity contribution in [3.05, 3.63) is 30.7 Å². The van der Waals surface area contributed by atoms with Gasteiger partial charge in [0.25, 0.3) is 0 Å². The van der Waals surface area contributed by atoms with E-state index in [0.29, 0.717) is 0 Å². The van der Waals surface area contributed by atoms with Crippen LogP contribution in [0.1, 0.15) is 54.4 Å². The van der Waals surface area contributed by atoms with E-state index in [1.807, 2.05) is 6.08 Å². The molecular formula is C21H41O2Si2. The fourth-order valence-corrected chi connectivity index (χ4v) is 5.27. The molecule has 0 N–H and O–H groups in total. The molecule has 0 unspecified atom stereocenters. The summed E-state index contributed by atoms with van der Waals surface area (Å²) in [6, 6.07) is 0. The molecule has 2 nitrogen and oxygen atoms in total. The van der Waals surface area contributed by atoms with Crippen molar-refractivity contribution < 1.29 is 8.85 Å². The zero-order valence-corrected chi connectivity index (χ0v) is 20.4. The van der Waals surface area contributed by atoms with Crippen LogP contribution in [0.3, 0.4) is 0 Å². The lowest BCUT2D eigenvalue weighted by molar-refractivity contribution is 0.0970. The maximum Gasteiger partial charge on any atom is 0.192 e. The van der Waals surface area contributed by atoms with Gasteiger partial charge in [0.05, 0.1) is 12.2 Å². The predicted molar refractivity (Wildman–Crippen MR) is 116 cm³/mol. The second kappa shape index (κ2) is 7.45. The van der Waals surface area contributed by atoms with Crippen LogP contribution in [0.25, 0.3) is 0 Å². The zero-order chi connectivity index (χ0) is 19.8. The molecule has 2 atom stereocenters. The predicted octanol–water partition coefficient (Wildman–Crippen LogP) is 6.88. The Morgan fingerprint density at radius 2 is 1.36 bits per heavy atom. The minimum absolute atomic E-state index is 0.0532. The lowest BCUT2D eigenvalue weighted by Crippen LogP contribution is -2.49. The van der Waals surface area contributed by atoms with Crippen molar-refractivity contribution in [2.24, 2.45) is 0 Å². The minimum atomic E-state index is -1.85. The van der Waals surface area contributed by atoms with Crippen molar-refractivity contribution in [3.63, 3.8) is 0 Å². The van der Waals surface area contributed by atoms with Crippen molar-refractivity contribution in [3.8, 4) is 0 Å². The van der Waals surface area contributed by atoms with Crippen molar-refractivity contribution in [2.75, 3.05) is 0 Å². The first-order valence-corrected chi connectivity index (χ1v) is 15.4. The second-order valence-electron chi connectivity index (χ2n) is 10.6. The number of allylic oxidation sites excluding steroid dienone is 1. The molecule has 0 spiro atoms. The summed E-state index contributed by atoms with van der Waals surface area (Å²) in [6.45, 7) is 31.4. The highest BCUT2D eigenvalue weighted by Gasteiger charge is 2.44. The van der Waals surface area contributed by atoms with E-state index in [1.54, 1.807) is 0 Å². The van der Waals surface area contributed by atoms with Gasteiger partial charge in [-0.05, 0) is 60.8 Å². The van der Waals surface area contributed by atoms with Crippen LogP contribution in [0.4, 0.5) is 0 Å². The monoisotopic (exact) mass is 381 g/mol. The summed E-state index contributed by atoms with van der Waals surface area (Å²) in [6.07, 6.45) is 4.03. The summed E-state index contributed by atoms with van der Waals surface area (Å²) in [5, 5.41) is 0.403. The molecule has 1 rings (SSSR count). The molecule has 4 heteroatoms. The first-order valence-electron chi connectivity index (χ1n) is 9.55. The summed E-state index contributed by atoms with van der Waals surface area (Å²) in [5.74, 6) is 0. The molecule has 1 saturated carbocycles. The first kappa shape index (κ1) is 22.9. The Morgan fingerprint density at radius 1 is 0.920 bits per heavy atom. The molecule has 0 aromatic carbocycles. The summed E-state index contributed by atoms with van der Waals surface area (Å²) < 4.78 is 13.4. The summed E-state index contributed by atoms with van der Waals surface area (Å²) in [5.41, 5.74) is 2.31. The molecule has 0 heterocycles. The average molecular weight is 382 g/mol. The number of hydrogen-bond donors (Lipinski definition) is 0. The average Bonchev–Trinajstić information content (AvgIpc) is 2.38. The SMILES string of the molecule is [CH2]/C=C1/C[C@@H](O[Si](C)(C)C(C)(C)C)C[C@H](O[Si](C)(C)C(C)(C)C)C1=C. The lowest BCUT2D eigenvalue weighted by Gasteiger charge is -2.45. The van der Waals surface area contributed by atoms with Crippen LogP contribution in [0, 0.1) is 6.92 Å². The quantitative estimate of drug-likeness (QED) is 0.494. The van der Waals surface area contributed by atoms with E-state index in [-0.39, 0.29) is 22.3 Å². The minimum Gasteiger partial charge on any atom is -0.413 e. The largest absolute Gasteiger partial charge is 0.413 e. The molecule has 0 saturated heterocycles. The zero-order valence-electron chi connectivity index (χ0n) is 18.4. The molecule has 25 heavy (non-hydrogen) atoms. The van der Waals surface area contributed by atoms with Crippen molar-refractivity contribution in [2.45, 2.75) is 103 Å². The highest BCUT2D eigenvalue weighted by Crippen LogP contribution is 2.43. The van der Waals surface area contributed by atoms with E-state index in [0.717, 1.165) is 18.4 Å². The van der Waals surface area contributed by atoms with Gasteiger partial charge in [0.2, 0.25) is 0 Å². The van der Waals surface area contributed by atoms with Crippen LogP contribution >= 0.6 is 0 Å². The Morgan fingerprint density at radius 3 is 1.76 bits per heavy atom. The van der Waals surface area contributed by atoms with Crippen LogP contribution in [0.2, 0.25) is 36.3 Å². The highest BCUT2D eigenvalue weighted by atomic mass is 28.4. The molecule has 1 aliphatic carbocycles. The molecule has 0 aromatic heterocycles. The van der Waals surface area contributed by atoms with Crippen LogP contribution in [0.5, 0.6) is 0 Å². The third-order valence-electron chi connectivity index (χ3n) is 6.48. The van der Waals surface area contributed by atoms with E-state index in [9.17, 15) is 0 Å². The third kappa shape index (κ3) is 5.41. The normalized spacial score (nSPS) is 25.6. The van der Waals surface area contributed by atoms with E-state index in [2.05, 4.69) is 81.2 Å². The fraction of sp³-hybridized carbons (Fsp3) is 0.762. The van der Waals surface area contributed by atoms with Gasteiger partial charge in [0.1, 0.15) is 0 Å². The van der Waals surface area contributed by atoms with Gasteiger partial charge in [-0.3, -0.25) is 0 Å². The van der Waals surface area contributed by atoms with Gasteiger partial charge >= 0.3 is 0 Å². The first-order chi connectivity index (χ1) is 11.0. The molecule has 0 bridgehead atoms. The van der Waals surface area contributed by atoms with E-state index in [1.165, 1.54) is 5.57 Å². The highest BCUT2D eigenvalue weighted by molar-refractivity contribution is 6.74. The Kier molecular flexibility index (Phi) is 6.82. The molecule has 0 amide bonds. The van der Waals surface area contributed by atoms with Crippen molar-refractivity contribution >= 4 is 16.6 Å². The fourth-order valence-electron chi connectivity index (χ4n) is 2.60. The smallest absolute Gasteiger partial charge is 0.192 e. The maximum atomic E-state index is 6.72. The van der Waals surface area contributed by atoms with Crippen molar-refractivity contribution in [1.82, 2.24) is 0 Å². The van der Waals surface area contributed by atoms with Crippen LogP contribution in [0.15, 0.2) is 23.8 Å². The van der Waals surface area contributed by atoms with Gasteiger partial charge in [-0.15, -0.1) is 0 Å². The van der Waals surface area contributed by atoms with Crippen LogP contribution in [-0.2, 0) is 8.85 Å². The summed E-state index contributed by atoms with van der Waals surface area (Å²) in [7, 11) is -3.66. The molecule has 1 fully saturated rings. The molecule has 0 aromatic rings. The van der Waals surface area contributed by atoms with Gasteiger partial charge in [-0.2, -0.15) is 0 Å². The Hall–Kier alpha value is -0.166. The summed E-state index contributed by atoms with van der Waals surface area (Å²) >= 11 is 0. The van der Waals surface area contributed by atoms with Crippen molar-refractivity contribution in [1.29, 1.82) is 0 Å². The van der Waals surface area contributed by atoms with E-state index >= 15 is 0 Å².